The average molecular weight is 378 g/mol. The lowest BCUT2D eigenvalue weighted by Crippen LogP contribution is -1.68. The number of aromatic nitrogens is 1. The van der Waals surface area contributed by atoms with Crippen LogP contribution in [0.3, 0.4) is 0 Å². The van der Waals surface area contributed by atoms with E-state index in [9.17, 15) is 0 Å². The number of halogens is 2. The second-order valence-electron chi connectivity index (χ2n) is 3.06. The predicted octanol–water partition coefficient (Wildman–Crippen LogP) is 4.75. The highest BCUT2D eigenvalue weighted by molar-refractivity contribution is 14.1. The van der Waals surface area contributed by atoms with Crippen LogP contribution in [0.2, 0.25) is 0 Å². The fourth-order valence-electron chi connectivity index (χ4n) is 1.64. The van der Waals surface area contributed by atoms with Gasteiger partial charge in [0.2, 0.25) is 0 Å². The second-order valence-corrected chi connectivity index (χ2v) is 6.12. The zero-order valence-corrected chi connectivity index (χ0v) is 11.5. The molecule has 0 aliphatic carbocycles. The van der Waals surface area contributed by atoms with Crippen molar-refractivity contribution in [3.63, 3.8) is 0 Å². The van der Waals surface area contributed by atoms with E-state index in [1.165, 1.54) is 28.3 Å². The minimum Gasteiger partial charge on any atom is -0.352 e. The van der Waals surface area contributed by atoms with E-state index in [-0.39, 0.29) is 0 Å². The van der Waals surface area contributed by atoms with Crippen molar-refractivity contribution in [3.8, 4) is 0 Å². The van der Waals surface area contributed by atoms with Gasteiger partial charge in [0, 0.05) is 29.7 Å². The summed E-state index contributed by atoms with van der Waals surface area (Å²) in [4.78, 5) is 4.56. The van der Waals surface area contributed by atoms with Gasteiger partial charge < -0.3 is 4.98 Å². The second kappa shape index (κ2) is 3.21. The normalized spacial score (nSPS) is 11.6. The molecule has 0 unspecified atom stereocenters. The van der Waals surface area contributed by atoms with Crippen molar-refractivity contribution in [2.75, 3.05) is 0 Å². The zero-order valence-electron chi connectivity index (χ0n) is 6.97. The molecule has 2 heterocycles. The Morgan fingerprint density at radius 2 is 2.14 bits per heavy atom. The molecule has 1 aromatic carbocycles. The van der Waals surface area contributed by atoms with Crippen LogP contribution in [0, 0.1) is 3.57 Å². The van der Waals surface area contributed by atoms with E-state index in [1.807, 2.05) is 0 Å². The zero-order chi connectivity index (χ0) is 9.71. The van der Waals surface area contributed by atoms with E-state index in [1.54, 1.807) is 11.3 Å². The molecule has 4 heteroatoms. The van der Waals surface area contributed by atoms with E-state index in [0.29, 0.717) is 0 Å². The summed E-state index contributed by atoms with van der Waals surface area (Å²) >= 11 is 7.78. The lowest BCUT2D eigenvalue weighted by atomic mass is 10.2. The molecule has 0 saturated heterocycles. The fraction of sp³-hybridized carbons (Fsp3) is 0. The van der Waals surface area contributed by atoms with Gasteiger partial charge in [-0.05, 0) is 34.7 Å². The Hall–Kier alpha value is -0.0700. The minimum atomic E-state index is 1.18. The van der Waals surface area contributed by atoms with Crippen molar-refractivity contribution in [2.24, 2.45) is 0 Å². The molecular formula is C10H5BrINS. The standard InChI is InChI=1S/C10H5BrINS/c11-5-2-1-3-7-8(5)9-6(12)4-13-10(9)14-7/h1-4,13H. The van der Waals surface area contributed by atoms with Gasteiger partial charge in [0.05, 0.1) is 0 Å². The van der Waals surface area contributed by atoms with Gasteiger partial charge in [0.25, 0.3) is 0 Å². The number of hydrogen-bond acceptors (Lipinski definition) is 1. The van der Waals surface area contributed by atoms with Crippen molar-refractivity contribution in [1.29, 1.82) is 0 Å². The summed E-state index contributed by atoms with van der Waals surface area (Å²) in [5.74, 6) is 0. The van der Waals surface area contributed by atoms with E-state index < -0.39 is 0 Å². The number of rotatable bonds is 0. The molecule has 0 atom stereocenters. The number of thiophene rings is 1. The molecule has 0 aliphatic rings. The summed E-state index contributed by atoms with van der Waals surface area (Å²) < 4.78 is 3.80. The summed E-state index contributed by atoms with van der Waals surface area (Å²) in [5.41, 5.74) is 0. The molecule has 70 valence electrons. The van der Waals surface area contributed by atoms with Gasteiger partial charge in [-0.3, -0.25) is 0 Å². The van der Waals surface area contributed by atoms with Gasteiger partial charge in [0.15, 0.2) is 0 Å². The van der Waals surface area contributed by atoms with E-state index in [4.69, 9.17) is 0 Å². The van der Waals surface area contributed by atoms with Gasteiger partial charge in [-0.25, -0.2) is 0 Å². The Morgan fingerprint density at radius 1 is 1.29 bits per heavy atom. The SMILES string of the molecule is Brc1cccc2sc3[nH]cc(I)c3c12. The summed E-state index contributed by atoms with van der Waals surface area (Å²) in [6.45, 7) is 0. The van der Waals surface area contributed by atoms with Crippen LogP contribution in [0.5, 0.6) is 0 Å². The van der Waals surface area contributed by atoms with Crippen LogP contribution < -0.4 is 0 Å². The van der Waals surface area contributed by atoms with E-state index in [2.05, 4.69) is 67.9 Å². The first kappa shape index (κ1) is 9.18. The van der Waals surface area contributed by atoms with Gasteiger partial charge in [-0.15, -0.1) is 11.3 Å². The van der Waals surface area contributed by atoms with Crippen LogP contribution in [0.1, 0.15) is 0 Å². The summed E-state index contributed by atoms with van der Waals surface area (Å²) in [6.07, 6.45) is 2.06. The number of aromatic amines is 1. The average Bonchev–Trinajstić information content (AvgIpc) is 2.67. The van der Waals surface area contributed by atoms with Crippen LogP contribution in [-0.4, -0.2) is 4.98 Å². The molecule has 0 aliphatic heterocycles. The van der Waals surface area contributed by atoms with Gasteiger partial charge in [0.1, 0.15) is 4.83 Å². The Kier molecular flexibility index (Phi) is 2.11. The fourth-order valence-corrected chi connectivity index (χ4v) is 4.32. The minimum absolute atomic E-state index is 1.18. The molecule has 0 saturated carbocycles. The predicted molar refractivity (Wildman–Crippen MR) is 74.1 cm³/mol. The first-order chi connectivity index (χ1) is 6.77. The number of fused-ring (bicyclic) bond motifs is 3. The first-order valence-electron chi connectivity index (χ1n) is 4.11. The Balaban J connectivity index is 2.68. The maximum absolute atomic E-state index is 3.61. The third kappa shape index (κ3) is 1.17. The van der Waals surface area contributed by atoms with E-state index >= 15 is 0 Å². The van der Waals surface area contributed by atoms with Gasteiger partial charge >= 0.3 is 0 Å². The van der Waals surface area contributed by atoms with Crippen molar-refractivity contribution in [2.45, 2.75) is 0 Å². The molecule has 3 rings (SSSR count). The summed E-state index contributed by atoms with van der Waals surface area (Å²) in [7, 11) is 0. The van der Waals surface area contributed by atoms with Crippen LogP contribution in [0.4, 0.5) is 0 Å². The molecule has 0 radical (unpaired) electrons. The molecule has 0 bridgehead atoms. The monoisotopic (exact) mass is 377 g/mol. The van der Waals surface area contributed by atoms with E-state index in [0.717, 1.165) is 0 Å². The third-order valence-electron chi connectivity index (χ3n) is 2.23. The van der Waals surface area contributed by atoms with Crippen LogP contribution in [0.25, 0.3) is 20.3 Å². The summed E-state index contributed by atoms with van der Waals surface area (Å²) in [6, 6.07) is 6.33. The lowest BCUT2D eigenvalue weighted by molar-refractivity contribution is 1.49. The molecule has 1 nitrogen and oxygen atoms in total. The number of nitrogens with one attached hydrogen (secondary N) is 1. The molecule has 14 heavy (non-hydrogen) atoms. The third-order valence-corrected chi connectivity index (χ3v) is 4.83. The van der Waals surface area contributed by atoms with Crippen LogP contribution >= 0.6 is 49.9 Å². The Bertz CT molecular complexity index is 625. The topological polar surface area (TPSA) is 15.8 Å². The molecular weight excluding hydrogens is 373 g/mol. The highest BCUT2D eigenvalue weighted by Gasteiger charge is 2.11. The molecule has 1 N–H and O–H groups in total. The highest BCUT2D eigenvalue weighted by atomic mass is 127. The smallest absolute Gasteiger partial charge is 0.102 e. The van der Waals surface area contributed by atoms with Gasteiger partial charge in [-0.2, -0.15) is 0 Å². The lowest BCUT2D eigenvalue weighted by Gasteiger charge is -1.93. The Labute approximate surface area is 107 Å². The molecule has 0 amide bonds. The number of H-pyrrole nitrogens is 1. The molecule has 3 aromatic rings. The quantitative estimate of drug-likeness (QED) is 0.544. The maximum Gasteiger partial charge on any atom is 0.102 e. The maximum atomic E-state index is 3.61. The largest absolute Gasteiger partial charge is 0.352 e. The highest BCUT2D eigenvalue weighted by Crippen LogP contribution is 2.39. The Morgan fingerprint density at radius 3 is 3.00 bits per heavy atom. The van der Waals surface area contributed by atoms with Crippen LogP contribution in [-0.2, 0) is 0 Å². The molecule has 0 spiro atoms. The number of hydrogen-bond donors (Lipinski definition) is 1. The number of benzene rings is 1. The molecule has 0 fully saturated rings. The van der Waals surface area contributed by atoms with Crippen molar-refractivity contribution < 1.29 is 0 Å². The van der Waals surface area contributed by atoms with Crippen molar-refractivity contribution in [1.82, 2.24) is 4.98 Å². The molecule has 2 aromatic heterocycles. The van der Waals surface area contributed by atoms with Crippen molar-refractivity contribution >= 4 is 70.2 Å². The van der Waals surface area contributed by atoms with Crippen molar-refractivity contribution in [3.05, 3.63) is 32.4 Å². The summed E-state index contributed by atoms with van der Waals surface area (Å²) in [5, 5.41) is 2.68. The first-order valence-corrected chi connectivity index (χ1v) is 6.80. The van der Waals surface area contributed by atoms with Crippen LogP contribution in [0.15, 0.2) is 28.9 Å². The van der Waals surface area contributed by atoms with Gasteiger partial charge in [-0.1, -0.05) is 22.0 Å².